The van der Waals surface area contributed by atoms with E-state index >= 15 is 0 Å². The lowest BCUT2D eigenvalue weighted by atomic mass is 9.93. The fourth-order valence-electron chi connectivity index (χ4n) is 2.25. The Hall–Kier alpha value is -2.10. The van der Waals surface area contributed by atoms with Gasteiger partial charge in [-0.05, 0) is 11.1 Å². The minimum Gasteiger partial charge on any atom is -0.480 e. The van der Waals surface area contributed by atoms with Crippen molar-refractivity contribution in [2.45, 2.75) is 25.4 Å². The highest BCUT2D eigenvalue weighted by Gasteiger charge is 2.33. The summed E-state index contributed by atoms with van der Waals surface area (Å²) in [6, 6.07) is 6.87. The number of carbonyl (C=O) groups excluding carboxylic acids is 1. The van der Waals surface area contributed by atoms with Gasteiger partial charge in [0.1, 0.15) is 6.04 Å². The molecule has 1 aromatic carbocycles. The largest absolute Gasteiger partial charge is 0.480 e. The molecule has 1 aliphatic rings. The maximum absolute atomic E-state index is 11.9. The second-order valence-corrected chi connectivity index (χ2v) is 4.34. The fourth-order valence-corrected chi connectivity index (χ4v) is 2.25. The Labute approximate surface area is 106 Å². The van der Waals surface area contributed by atoms with Gasteiger partial charge in [0.15, 0.2) is 0 Å². The number of amides is 1. The molecule has 18 heavy (non-hydrogen) atoms. The first-order chi connectivity index (χ1) is 8.63. The molecule has 1 N–H and O–H groups in total. The van der Waals surface area contributed by atoms with Crippen LogP contribution in [-0.2, 0) is 22.6 Å². The smallest absolute Gasteiger partial charge is 0.326 e. The molecular formula is C14H15NO3. The number of benzene rings is 1. The van der Waals surface area contributed by atoms with Gasteiger partial charge in [0.25, 0.3) is 0 Å². The number of hydrogen-bond acceptors (Lipinski definition) is 2. The zero-order chi connectivity index (χ0) is 13.1. The summed E-state index contributed by atoms with van der Waals surface area (Å²) in [7, 11) is 0. The minimum absolute atomic E-state index is 0.173. The van der Waals surface area contributed by atoms with Gasteiger partial charge in [-0.1, -0.05) is 30.3 Å². The number of carboxylic acid groups (broad SMARTS) is 1. The first-order valence-electron chi connectivity index (χ1n) is 5.83. The summed E-state index contributed by atoms with van der Waals surface area (Å²) < 4.78 is 0. The predicted octanol–water partition coefficient (Wildman–Crippen LogP) is 1.60. The van der Waals surface area contributed by atoms with E-state index in [4.69, 9.17) is 0 Å². The van der Waals surface area contributed by atoms with Crippen LogP contribution in [0.3, 0.4) is 0 Å². The molecule has 1 atom stereocenters. The maximum atomic E-state index is 11.9. The first kappa shape index (κ1) is 12.4. The molecule has 4 heteroatoms. The third-order valence-corrected chi connectivity index (χ3v) is 3.17. The van der Waals surface area contributed by atoms with Crippen molar-refractivity contribution in [1.29, 1.82) is 0 Å². The molecule has 1 aliphatic heterocycles. The van der Waals surface area contributed by atoms with Crippen LogP contribution in [-0.4, -0.2) is 27.9 Å². The van der Waals surface area contributed by atoms with Gasteiger partial charge in [-0.15, -0.1) is 6.58 Å². The average Bonchev–Trinajstić information content (AvgIpc) is 2.37. The molecule has 0 aliphatic carbocycles. The monoisotopic (exact) mass is 245 g/mol. The van der Waals surface area contributed by atoms with Crippen molar-refractivity contribution in [3.8, 4) is 0 Å². The van der Waals surface area contributed by atoms with Gasteiger partial charge in [0.2, 0.25) is 5.91 Å². The summed E-state index contributed by atoms with van der Waals surface area (Å²) >= 11 is 0. The fraction of sp³-hybridized carbons (Fsp3) is 0.286. The van der Waals surface area contributed by atoms with Crippen LogP contribution < -0.4 is 0 Å². The van der Waals surface area contributed by atoms with Gasteiger partial charge in [-0.2, -0.15) is 0 Å². The second-order valence-electron chi connectivity index (χ2n) is 4.34. The van der Waals surface area contributed by atoms with Crippen LogP contribution in [0, 0.1) is 0 Å². The molecular weight excluding hydrogens is 230 g/mol. The molecule has 0 spiro atoms. The molecule has 2 rings (SSSR count). The summed E-state index contributed by atoms with van der Waals surface area (Å²) in [5, 5.41) is 9.23. The number of fused-ring (bicyclic) bond motifs is 1. The number of aliphatic carboxylic acids is 1. The van der Waals surface area contributed by atoms with Crippen LogP contribution in [0.15, 0.2) is 36.9 Å². The number of rotatable bonds is 3. The summed E-state index contributed by atoms with van der Waals surface area (Å²) in [5.74, 6) is -1.14. The standard InChI is InChI=1S/C14H15NO3/c1-2-5-13(16)15-9-11-7-4-3-6-10(11)8-12(15)14(17)18/h2-4,6-7,12H,1,5,8-9H2,(H,17,18)/t12-/m1/s1. The van der Waals surface area contributed by atoms with Crippen LogP contribution in [0.25, 0.3) is 0 Å². The Kier molecular flexibility index (Phi) is 3.46. The van der Waals surface area contributed by atoms with Crippen molar-refractivity contribution in [2.24, 2.45) is 0 Å². The van der Waals surface area contributed by atoms with Crippen molar-refractivity contribution in [3.63, 3.8) is 0 Å². The highest BCUT2D eigenvalue weighted by Crippen LogP contribution is 2.24. The van der Waals surface area contributed by atoms with E-state index < -0.39 is 12.0 Å². The second kappa shape index (κ2) is 5.04. The Morgan fingerprint density at radius 3 is 2.67 bits per heavy atom. The number of hydrogen-bond donors (Lipinski definition) is 1. The molecule has 4 nitrogen and oxygen atoms in total. The van der Waals surface area contributed by atoms with Crippen LogP contribution in [0.4, 0.5) is 0 Å². The van der Waals surface area contributed by atoms with Gasteiger partial charge >= 0.3 is 5.97 Å². The quantitative estimate of drug-likeness (QED) is 0.823. The van der Waals surface area contributed by atoms with E-state index in [1.807, 2.05) is 24.3 Å². The van der Waals surface area contributed by atoms with Crippen LogP contribution in [0.1, 0.15) is 17.5 Å². The zero-order valence-electron chi connectivity index (χ0n) is 10.0. The molecule has 94 valence electrons. The average molecular weight is 245 g/mol. The van der Waals surface area contributed by atoms with Gasteiger partial charge in [-0.3, -0.25) is 4.79 Å². The highest BCUT2D eigenvalue weighted by molar-refractivity contribution is 5.85. The van der Waals surface area contributed by atoms with Crippen LogP contribution >= 0.6 is 0 Å². The van der Waals surface area contributed by atoms with Crippen molar-refractivity contribution < 1.29 is 14.7 Å². The summed E-state index contributed by atoms with van der Waals surface area (Å²) in [6.07, 6.45) is 2.04. The van der Waals surface area contributed by atoms with Gasteiger partial charge in [0.05, 0.1) is 0 Å². The van der Waals surface area contributed by atoms with E-state index in [9.17, 15) is 14.7 Å². The molecule has 0 saturated carbocycles. The lowest BCUT2D eigenvalue weighted by molar-refractivity contribution is -0.151. The summed E-state index contributed by atoms with van der Waals surface area (Å²) in [5.41, 5.74) is 2.03. The third kappa shape index (κ3) is 2.27. The van der Waals surface area contributed by atoms with Gasteiger partial charge < -0.3 is 10.0 Å². The highest BCUT2D eigenvalue weighted by atomic mass is 16.4. The Balaban J connectivity index is 2.31. The van der Waals surface area contributed by atoms with E-state index in [2.05, 4.69) is 6.58 Å². The van der Waals surface area contributed by atoms with Crippen molar-refractivity contribution in [2.75, 3.05) is 0 Å². The van der Waals surface area contributed by atoms with E-state index in [0.717, 1.165) is 11.1 Å². The molecule has 0 unspecified atom stereocenters. The number of carbonyl (C=O) groups is 2. The summed E-state index contributed by atoms with van der Waals surface area (Å²) in [4.78, 5) is 24.6. The van der Waals surface area contributed by atoms with Crippen molar-refractivity contribution >= 4 is 11.9 Å². The number of nitrogens with zero attached hydrogens (tertiary/aromatic N) is 1. The van der Waals surface area contributed by atoms with Crippen LogP contribution in [0.5, 0.6) is 0 Å². The van der Waals surface area contributed by atoms with E-state index in [-0.39, 0.29) is 12.3 Å². The first-order valence-corrected chi connectivity index (χ1v) is 5.83. The molecule has 0 saturated heterocycles. The number of carboxylic acids is 1. The molecule has 0 aromatic heterocycles. The van der Waals surface area contributed by atoms with Crippen molar-refractivity contribution in [3.05, 3.63) is 48.0 Å². The molecule has 0 bridgehead atoms. The molecule has 0 fully saturated rings. The molecule has 0 radical (unpaired) electrons. The van der Waals surface area contributed by atoms with Gasteiger partial charge in [0, 0.05) is 19.4 Å². The Morgan fingerprint density at radius 1 is 1.39 bits per heavy atom. The molecule has 1 heterocycles. The zero-order valence-corrected chi connectivity index (χ0v) is 10.0. The summed E-state index contributed by atoms with van der Waals surface area (Å²) in [6.45, 7) is 3.88. The lowest BCUT2D eigenvalue weighted by Crippen LogP contribution is -2.48. The lowest BCUT2D eigenvalue weighted by Gasteiger charge is -2.34. The molecule has 1 amide bonds. The topological polar surface area (TPSA) is 57.6 Å². The Morgan fingerprint density at radius 2 is 2.06 bits per heavy atom. The SMILES string of the molecule is C=CCC(=O)N1Cc2ccccc2C[C@@H]1C(=O)O. The van der Waals surface area contributed by atoms with Gasteiger partial charge in [-0.25, -0.2) is 4.79 Å². The van der Waals surface area contributed by atoms with E-state index in [1.165, 1.54) is 11.0 Å². The van der Waals surface area contributed by atoms with E-state index in [1.54, 1.807) is 0 Å². The Bertz CT molecular complexity index is 496. The third-order valence-electron chi connectivity index (χ3n) is 3.17. The van der Waals surface area contributed by atoms with Crippen LogP contribution in [0.2, 0.25) is 0 Å². The minimum atomic E-state index is -0.957. The maximum Gasteiger partial charge on any atom is 0.326 e. The van der Waals surface area contributed by atoms with E-state index in [0.29, 0.717) is 13.0 Å². The molecule has 1 aromatic rings. The van der Waals surface area contributed by atoms with Crippen molar-refractivity contribution in [1.82, 2.24) is 4.90 Å². The normalized spacial score (nSPS) is 18.0. The predicted molar refractivity (Wildman–Crippen MR) is 66.9 cm³/mol.